The number of halogens is 3. The molecule has 3 N–H and O–H groups in total. The molecule has 2 rings (SSSR count). The van der Waals surface area contributed by atoms with E-state index in [-0.39, 0.29) is 12.2 Å². The van der Waals surface area contributed by atoms with E-state index in [4.69, 9.17) is 5.73 Å². The first kappa shape index (κ1) is 11.5. The molecule has 3 nitrogen and oxygen atoms in total. The number of carbonyl (C=O) groups excluding carboxylic acids is 1. The second-order valence-electron chi connectivity index (χ2n) is 3.69. The minimum atomic E-state index is -4.36. The maximum absolute atomic E-state index is 12.5. The Balaban J connectivity index is 2.42. The number of primary amides is 1. The third kappa shape index (κ3) is 2.25. The van der Waals surface area contributed by atoms with Crippen molar-refractivity contribution in [1.29, 1.82) is 0 Å². The van der Waals surface area contributed by atoms with E-state index in [9.17, 15) is 18.0 Å². The molecule has 0 fully saturated rings. The number of carbonyl (C=O) groups is 1. The van der Waals surface area contributed by atoms with Gasteiger partial charge in [-0.2, -0.15) is 13.2 Å². The average Bonchev–Trinajstić information content (AvgIpc) is 2.26. The Morgan fingerprint density at radius 2 is 2.06 bits per heavy atom. The first-order valence-corrected chi connectivity index (χ1v) is 4.83. The van der Waals surface area contributed by atoms with Crippen LogP contribution in [0.15, 0.2) is 23.9 Å². The van der Waals surface area contributed by atoms with Gasteiger partial charge in [0.1, 0.15) is 5.70 Å². The number of rotatable bonds is 1. The van der Waals surface area contributed by atoms with Crippen LogP contribution in [-0.4, -0.2) is 5.91 Å². The molecule has 0 atom stereocenters. The Labute approximate surface area is 95.1 Å². The van der Waals surface area contributed by atoms with Crippen LogP contribution >= 0.6 is 0 Å². The van der Waals surface area contributed by atoms with Crippen molar-refractivity contribution in [2.45, 2.75) is 12.7 Å². The van der Waals surface area contributed by atoms with Gasteiger partial charge in [-0.3, -0.25) is 4.79 Å². The first-order valence-electron chi connectivity index (χ1n) is 4.83. The Hall–Kier alpha value is -1.98. The first-order chi connectivity index (χ1) is 7.88. The maximum atomic E-state index is 12.5. The molecule has 1 aromatic carbocycles. The van der Waals surface area contributed by atoms with Crippen molar-refractivity contribution in [2.75, 3.05) is 0 Å². The third-order valence-electron chi connectivity index (χ3n) is 2.50. The molecule has 17 heavy (non-hydrogen) atoms. The van der Waals surface area contributed by atoms with Gasteiger partial charge in [0.2, 0.25) is 0 Å². The minimum Gasteiger partial charge on any atom is -0.376 e. The fraction of sp³-hybridized carbons (Fsp3) is 0.182. The summed E-state index contributed by atoms with van der Waals surface area (Å²) in [6.07, 6.45) is -2.91. The second kappa shape index (κ2) is 3.80. The fourth-order valence-corrected chi connectivity index (χ4v) is 1.63. The molecule has 0 unspecified atom stereocenters. The fourth-order valence-electron chi connectivity index (χ4n) is 1.63. The van der Waals surface area contributed by atoms with Crippen molar-refractivity contribution in [3.63, 3.8) is 0 Å². The SMILES string of the molecule is NC(=O)C1=Cc2ccc(C(F)(F)F)cc2CN1. The highest BCUT2D eigenvalue weighted by molar-refractivity contribution is 5.96. The monoisotopic (exact) mass is 242 g/mol. The second-order valence-corrected chi connectivity index (χ2v) is 3.69. The lowest BCUT2D eigenvalue weighted by atomic mass is 9.99. The van der Waals surface area contributed by atoms with Crippen molar-refractivity contribution in [3.05, 3.63) is 40.6 Å². The van der Waals surface area contributed by atoms with Gasteiger partial charge in [-0.05, 0) is 29.3 Å². The predicted octanol–water partition coefficient (Wildman–Crippen LogP) is 1.63. The van der Waals surface area contributed by atoms with Crippen molar-refractivity contribution in [3.8, 4) is 0 Å². The lowest BCUT2D eigenvalue weighted by Crippen LogP contribution is -2.28. The van der Waals surface area contributed by atoms with Crippen molar-refractivity contribution < 1.29 is 18.0 Å². The van der Waals surface area contributed by atoms with Gasteiger partial charge in [-0.25, -0.2) is 0 Å². The molecular weight excluding hydrogens is 233 g/mol. The molecule has 0 aromatic heterocycles. The van der Waals surface area contributed by atoms with Crippen molar-refractivity contribution in [1.82, 2.24) is 5.32 Å². The van der Waals surface area contributed by atoms with Crippen LogP contribution in [0.5, 0.6) is 0 Å². The van der Waals surface area contributed by atoms with Gasteiger partial charge in [-0.15, -0.1) is 0 Å². The number of alkyl halides is 3. The predicted molar refractivity (Wildman–Crippen MR) is 55.5 cm³/mol. The van der Waals surface area contributed by atoms with E-state index >= 15 is 0 Å². The van der Waals surface area contributed by atoms with Crippen LogP contribution in [0.3, 0.4) is 0 Å². The van der Waals surface area contributed by atoms with Gasteiger partial charge >= 0.3 is 6.18 Å². The molecule has 1 aliphatic rings. The van der Waals surface area contributed by atoms with Gasteiger partial charge in [0.25, 0.3) is 5.91 Å². The normalized spacial score (nSPS) is 14.6. The van der Waals surface area contributed by atoms with Crippen LogP contribution in [0.1, 0.15) is 16.7 Å². The molecular formula is C11H9F3N2O. The molecule has 90 valence electrons. The van der Waals surface area contributed by atoms with Crippen LogP contribution < -0.4 is 11.1 Å². The molecule has 1 amide bonds. The highest BCUT2D eigenvalue weighted by Crippen LogP contribution is 2.31. The Kier molecular flexibility index (Phi) is 2.57. The van der Waals surface area contributed by atoms with Gasteiger partial charge in [0, 0.05) is 6.54 Å². The molecule has 0 spiro atoms. The standard InChI is InChI=1S/C11H9F3N2O/c12-11(13,14)8-2-1-6-4-9(10(15)17)16-5-7(6)3-8/h1-4,16H,5H2,(H2,15,17). The van der Waals surface area contributed by atoms with E-state index in [0.29, 0.717) is 11.1 Å². The molecule has 0 bridgehead atoms. The molecule has 1 heterocycles. The van der Waals surface area contributed by atoms with E-state index in [1.165, 1.54) is 12.1 Å². The molecule has 0 saturated carbocycles. The zero-order valence-corrected chi connectivity index (χ0v) is 8.64. The lowest BCUT2D eigenvalue weighted by Gasteiger charge is -2.18. The average molecular weight is 242 g/mol. The zero-order chi connectivity index (χ0) is 12.6. The zero-order valence-electron chi connectivity index (χ0n) is 8.64. The summed E-state index contributed by atoms with van der Waals surface area (Å²) in [5, 5.41) is 2.67. The quantitative estimate of drug-likeness (QED) is 0.786. The van der Waals surface area contributed by atoms with Gasteiger partial charge in [-0.1, -0.05) is 6.07 Å². The summed E-state index contributed by atoms with van der Waals surface area (Å²) < 4.78 is 37.4. The van der Waals surface area contributed by atoms with Crippen molar-refractivity contribution in [2.24, 2.45) is 5.73 Å². The summed E-state index contributed by atoms with van der Waals surface area (Å²) in [5.41, 5.74) is 5.64. The number of hydrogen-bond donors (Lipinski definition) is 2. The molecule has 6 heteroatoms. The van der Waals surface area contributed by atoms with Crippen LogP contribution in [0.25, 0.3) is 6.08 Å². The molecule has 1 aromatic rings. The summed E-state index contributed by atoms with van der Waals surface area (Å²) in [6.45, 7) is 0.161. The third-order valence-corrected chi connectivity index (χ3v) is 2.50. The Morgan fingerprint density at radius 3 is 2.65 bits per heavy atom. The van der Waals surface area contributed by atoms with Crippen LogP contribution in [0.2, 0.25) is 0 Å². The summed E-state index contributed by atoms with van der Waals surface area (Å²) in [6, 6.07) is 3.39. The van der Waals surface area contributed by atoms with E-state index in [1.807, 2.05) is 0 Å². The largest absolute Gasteiger partial charge is 0.416 e. The number of benzene rings is 1. The van der Waals surface area contributed by atoms with Crippen LogP contribution in [-0.2, 0) is 17.5 Å². The van der Waals surface area contributed by atoms with E-state index in [2.05, 4.69) is 5.32 Å². The topological polar surface area (TPSA) is 55.1 Å². The Morgan fingerprint density at radius 1 is 1.35 bits per heavy atom. The summed E-state index contributed by atoms with van der Waals surface area (Å²) >= 11 is 0. The number of hydrogen-bond acceptors (Lipinski definition) is 2. The summed E-state index contributed by atoms with van der Waals surface area (Å²) in [5.74, 6) is -0.629. The van der Waals surface area contributed by atoms with Crippen LogP contribution in [0.4, 0.5) is 13.2 Å². The van der Waals surface area contributed by atoms with Gasteiger partial charge in [0.15, 0.2) is 0 Å². The molecule has 1 aliphatic heterocycles. The highest BCUT2D eigenvalue weighted by Gasteiger charge is 2.31. The van der Waals surface area contributed by atoms with Crippen LogP contribution in [0, 0.1) is 0 Å². The lowest BCUT2D eigenvalue weighted by molar-refractivity contribution is -0.137. The molecule has 0 saturated heterocycles. The molecule has 0 radical (unpaired) electrons. The van der Waals surface area contributed by atoms with E-state index in [0.717, 1.165) is 12.1 Å². The van der Waals surface area contributed by atoms with Gasteiger partial charge in [0.05, 0.1) is 5.56 Å². The Bertz CT molecular complexity index is 506. The van der Waals surface area contributed by atoms with E-state index < -0.39 is 17.6 Å². The summed E-state index contributed by atoms with van der Waals surface area (Å²) in [4.78, 5) is 10.9. The van der Waals surface area contributed by atoms with Crippen molar-refractivity contribution >= 4 is 12.0 Å². The number of nitrogens with one attached hydrogen (secondary N) is 1. The molecule has 0 aliphatic carbocycles. The number of fused-ring (bicyclic) bond motifs is 1. The number of nitrogens with two attached hydrogens (primary N) is 1. The number of amides is 1. The smallest absolute Gasteiger partial charge is 0.376 e. The maximum Gasteiger partial charge on any atom is 0.416 e. The van der Waals surface area contributed by atoms with E-state index in [1.54, 1.807) is 0 Å². The van der Waals surface area contributed by atoms with Gasteiger partial charge < -0.3 is 11.1 Å². The highest BCUT2D eigenvalue weighted by atomic mass is 19.4. The minimum absolute atomic E-state index is 0.161. The summed E-state index contributed by atoms with van der Waals surface area (Å²) in [7, 11) is 0.